The van der Waals surface area contributed by atoms with Crippen molar-refractivity contribution in [2.24, 2.45) is 5.73 Å². The lowest BCUT2D eigenvalue weighted by Gasteiger charge is -2.29. The van der Waals surface area contributed by atoms with Gasteiger partial charge in [0.2, 0.25) is 5.91 Å². The number of hydrogen-bond donors (Lipinski definition) is 1. The molecule has 1 fully saturated rings. The van der Waals surface area contributed by atoms with Crippen molar-refractivity contribution < 1.29 is 4.79 Å². The first-order valence-corrected chi connectivity index (χ1v) is 4.38. The third-order valence-corrected chi connectivity index (χ3v) is 2.31. The second-order valence-corrected chi connectivity index (χ2v) is 3.31. The lowest BCUT2D eigenvalue weighted by atomic mass is 10.0. The minimum Gasteiger partial charge on any atom is -0.366 e. The Hall–Kier alpha value is -0.830. The summed E-state index contributed by atoms with van der Waals surface area (Å²) in [5.74, 6) is -0.353. The number of nitrogens with zero attached hydrogens (tertiary/aromatic N) is 1. The Morgan fingerprint density at radius 2 is 2.33 bits per heavy atom. The number of primary amides is 1. The van der Waals surface area contributed by atoms with E-state index in [2.05, 4.69) is 11.9 Å². The van der Waals surface area contributed by atoms with Gasteiger partial charge < -0.3 is 5.73 Å². The van der Waals surface area contributed by atoms with Crippen LogP contribution in [0.2, 0.25) is 0 Å². The van der Waals surface area contributed by atoms with Crippen LogP contribution in [-0.2, 0) is 4.79 Å². The van der Waals surface area contributed by atoms with Gasteiger partial charge in [-0.1, -0.05) is 12.5 Å². The highest BCUT2D eigenvalue weighted by atomic mass is 16.1. The maximum Gasteiger partial charge on any atom is 0.241 e. The van der Waals surface area contributed by atoms with Crippen LogP contribution in [0.4, 0.5) is 0 Å². The van der Waals surface area contributed by atoms with Crippen molar-refractivity contribution in [3.8, 4) is 0 Å². The van der Waals surface area contributed by atoms with Crippen molar-refractivity contribution in [1.82, 2.24) is 4.90 Å². The van der Waals surface area contributed by atoms with Crippen LogP contribution in [0.5, 0.6) is 0 Å². The molecule has 1 heterocycles. The number of likely N-dealkylation sites (tertiary alicyclic amines) is 1. The minimum atomic E-state index is -0.353. The fraction of sp³-hybridized carbons (Fsp3) is 0.667. The van der Waals surface area contributed by atoms with Gasteiger partial charge >= 0.3 is 0 Å². The molecule has 68 valence electrons. The van der Waals surface area contributed by atoms with Gasteiger partial charge in [0.05, 0.1) is 0 Å². The largest absolute Gasteiger partial charge is 0.366 e. The van der Waals surface area contributed by atoms with Crippen molar-refractivity contribution in [2.45, 2.75) is 25.3 Å². The van der Waals surface area contributed by atoms with Gasteiger partial charge in [0.15, 0.2) is 0 Å². The second kappa shape index (κ2) is 4.26. The molecule has 1 unspecified atom stereocenters. The van der Waals surface area contributed by atoms with E-state index in [9.17, 15) is 4.79 Å². The van der Waals surface area contributed by atoms with Gasteiger partial charge in [-0.25, -0.2) is 0 Å². The van der Waals surface area contributed by atoms with Crippen molar-refractivity contribution in [1.29, 1.82) is 0 Å². The Balaban J connectivity index is 2.43. The molecule has 0 aromatic rings. The van der Waals surface area contributed by atoms with Crippen LogP contribution in [0.15, 0.2) is 12.2 Å². The van der Waals surface area contributed by atoms with E-state index in [1.54, 1.807) is 0 Å². The summed E-state index contributed by atoms with van der Waals surface area (Å²) in [7, 11) is 2.08. The molecule has 0 saturated carbocycles. The molecule has 1 rings (SSSR count). The first-order valence-electron chi connectivity index (χ1n) is 4.38. The molecule has 0 aromatic heterocycles. The van der Waals surface area contributed by atoms with Crippen LogP contribution in [0, 0.1) is 0 Å². The molecule has 0 bridgehead atoms. The summed E-state index contributed by atoms with van der Waals surface area (Å²) in [5.41, 5.74) is 5.01. The SMILES string of the molecule is CN1CCCCC1C=CC(N)=O. The smallest absolute Gasteiger partial charge is 0.241 e. The highest BCUT2D eigenvalue weighted by Gasteiger charge is 2.15. The molecule has 0 spiro atoms. The Bertz CT molecular complexity index is 189. The Morgan fingerprint density at radius 3 is 2.92 bits per heavy atom. The average molecular weight is 168 g/mol. The zero-order chi connectivity index (χ0) is 8.97. The summed E-state index contributed by atoms with van der Waals surface area (Å²) in [6, 6.07) is 0.409. The molecule has 1 amide bonds. The standard InChI is InChI=1S/C9H16N2O/c1-11-7-3-2-4-8(11)5-6-9(10)12/h5-6,8H,2-4,7H2,1H3,(H2,10,12). The number of piperidine rings is 1. The monoisotopic (exact) mass is 168 g/mol. The highest BCUT2D eigenvalue weighted by Crippen LogP contribution is 2.15. The second-order valence-electron chi connectivity index (χ2n) is 3.31. The van der Waals surface area contributed by atoms with Gasteiger partial charge in [0.1, 0.15) is 0 Å². The molecule has 1 saturated heterocycles. The molecule has 2 N–H and O–H groups in total. The maximum absolute atomic E-state index is 10.5. The summed E-state index contributed by atoms with van der Waals surface area (Å²) < 4.78 is 0. The van der Waals surface area contributed by atoms with Crippen LogP contribution in [0.1, 0.15) is 19.3 Å². The molecule has 0 aliphatic carbocycles. The van der Waals surface area contributed by atoms with Crippen LogP contribution < -0.4 is 5.73 Å². The van der Waals surface area contributed by atoms with Crippen molar-refractivity contribution in [2.75, 3.05) is 13.6 Å². The van der Waals surface area contributed by atoms with Gasteiger partial charge in [-0.2, -0.15) is 0 Å². The Kier molecular flexibility index (Phi) is 3.29. The lowest BCUT2D eigenvalue weighted by Crippen LogP contribution is -2.34. The summed E-state index contributed by atoms with van der Waals surface area (Å²) >= 11 is 0. The summed E-state index contributed by atoms with van der Waals surface area (Å²) in [6.45, 7) is 1.12. The number of nitrogens with two attached hydrogens (primary N) is 1. The van der Waals surface area contributed by atoms with E-state index in [0.717, 1.165) is 13.0 Å². The predicted octanol–water partition coefficient (Wildman–Crippen LogP) is 0.512. The van der Waals surface area contributed by atoms with Gasteiger partial charge in [-0.05, 0) is 26.4 Å². The molecule has 0 aromatic carbocycles. The molecule has 3 heteroatoms. The number of carbonyl (C=O) groups is 1. The van der Waals surface area contributed by atoms with Crippen LogP contribution in [0.25, 0.3) is 0 Å². The summed E-state index contributed by atoms with van der Waals surface area (Å²) in [4.78, 5) is 12.7. The Labute approximate surface area is 73.2 Å². The van der Waals surface area contributed by atoms with E-state index in [4.69, 9.17) is 5.73 Å². The summed E-state index contributed by atoms with van der Waals surface area (Å²) in [6.07, 6.45) is 7.02. The highest BCUT2D eigenvalue weighted by molar-refractivity contribution is 5.85. The molecule has 12 heavy (non-hydrogen) atoms. The first kappa shape index (κ1) is 9.26. The van der Waals surface area contributed by atoms with Gasteiger partial charge in [0.25, 0.3) is 0 Å². The fourth-order valence-electron chi connectivity index (χ4n) is 1.55. The third-order valence-electron chi connectivity index (χ3n) is 2.31. The molecular formula is C9H16N2O. The van der Waals surface area contributed by atoms with Crippen molar-refractivity contribution in [3.63, 3.8) is 0 Å². The van der Waals surface area contributed by atoms with Crippen LogP contribution in [0.3, 0.4) is 0 Å². The first-order chi connectivity index (χ1) is 5.70. The zero-order valence-corrected chi connectivity index (χ0v) is 7.49. The van der Waals surface area contributed by atoms with Crippen molar-refractivity contribution >= 4 is 5.91 Å². The molecule has 1 atom stereocenters. The number of hydrogen-bond acceptors (Lipinski definition) is 2. The van der Waals surface area contributed by atoms with E-state index in [1.807, 2.05) is 6.08 Å². The number of carbonyl (C=O) groups excluding carboxylic acids is 1. The van der Waals surface area contributed by atoms with Crippen LogP contribution >= 0.6 is 0 Å². The average Bonchev–Trinajstić information content (AvgIpc) is 2.03. The van der Waals surface area contributed by atoms with E-state index < -0.39 is 0 Å². The summed E-state index contributed by atoms with van der Waals surface area (Å²) in [5, 5.41) is 0. The van der Waals surface area contributed by atoms with E-state index in [-0.39, 0.29) is 5.91 Å². The van der Waals surface area contributed by atoms with Gasteiger partial charge in [0, 0.05) is 12.1 Å². The molecule has 1 aliphatic rings. The minimum absolute atomic E-state index is 0.353. The normalized spacial score (nSPS) is 26.2. The predicted molar refractivity (Wildman–Crippen MR) is 48.6 cm³/mol. The zero-order valence-electron chi connectivity index (χ0n) is 7.49. The van der Waals surface area contributed by atoms with E-state index >= 15 is 0 Å². The lowest BCUT2D eigenvalue weighted by molar-refractivity contribution is -0.113. The molecule has 1 aliphatic heterocycles. The van der Waals surface area contributed by atoms with Crippen molar-refractivity contribution in [3.05, 3.63) is 12.2 Å². The Morgan fingerprint density at radius 1 is 1.58 bits per heavy atom. The quantitative estimate of drug-likeness (QED) is 0.611. The van der Waals surface area contributed by atoms with Gasteiger partial charge in [-0.15, -0.1) is 0 Å². The topological polar surface area (TPSA) is 46.3 Å². The maximum atomic E-state index is 10.5. The number of likely N-dealkylation sites (N-methyl/N-ethyl adjacent to an activating group) is 1. The molecule has 0 radical (unpaired) electrons. The number of amides is 1. The van der Waals surface area contributed by atoms with Crippen LogP contribution in [-0.4, -0.2) is 30.4 Å². The fourth-order valence-corrected chi connectivity index (χ4v) is 1.55. The number of rotatable bonds is 2. The van der Waals surface area contributed by atoms with Gasteiger partial charge in [-0.3, -0.25) is 9.69 Å². The molecule has 3 nitrogen and oxygen atoms in total. The van der Waals surface area contributed by atoms with E-state index in [1.165, 1.54) is 18.9 Å². The van der Waals surface area contributed by atoms with E-state index in [0.29, 0.717) is 6.04 Å². The molecular weight excluding hydrogens is 152 g/mol. The third kappa shape index (κ3) is 2.66.